The maximum absolute atomic E-state index is 13.3. The Morgan fingerprint density at radius 2 is 1.89 bits per heavy atom. The van der Waals surface area contributed by atoms with E-state index >= 15 is 0 Å². The van der Waals surface area contributed by atoms with Gasteiger partial charge in [-0.05, 0) is 46.9 Å². The molecular formula is C22H21N5O. The number of hydrogen-bond donors (Lipinski definition) is 1. The van der Waals surface area contributed by atoms with Crippen LogP contribution in [0.15, 0.2) is 72.1 Å². The molecule has 1 aromatic carbocycles. The number of nitrogens with two attached hydrogens (primary N) is 1. The highest BCUT2D eigenvalue weighted by Crippen LogP contribution is 2.39. The lowest BCUT2D eigenvalue weighted by atomic mass is 9.84. The molecule has 1 aliphatic rings. The zero-order valence-corrected chi connectivity index (χ0v) is 15.8. The van der Waals surface area contributed by atoms with Crippen LogP contribution in [0.4, 0.5) is 0 Å². The molecule has 1 atom stereocenters. The van der Waals surface area contributed by atoms with Gasteiger partial charge in [0.05, 0.1) is 5.69 Å². The first kappa shape index (κ1) is 17.9. The summed E-state index contributed by atoms with van der Waals surface area (Å²) in [6, 6.07) is 15.5. The summed E-state index contributed by atoms with van der Waals surface area (Å²) in [5.74, 6) is -0.0387. The van der Waals surface area contributed by atoms with Gasteiger partial charge in [0.2, 0.25) is 5.54 Å². The number of carbonyl (C=O) groups excluding carboxylic acids is 1. The van der Waals surface area contributed by atoms with Gasteiger partial charge in [-0.25, -0.2) is 4.99 Å². The van der Waals surface area contributed by atoms with Crippen LogP contribution in [-0.2, 0) is 16.8 Å². The van der Waals surface area contributed by atoms with Crippen LogP contribution >= 0.6 is 0 Å². The SMILES string of the molecule is CCc1ccc(C2(c3cccc(-c4cccnc4)c3)N=C(N)N(C)C2=O)nc1. The van der Waals surface area contributed by atoms with Crippen LogP contribution in [0.5, 0.6) is 0 Å². The first-order valence-corrected chi connectivity index (χ1v) is 9.16. The lowest BCUT2D eigenvalue weighted by Gasteiger charge is -2.25. The summed E-state index contributed by atoms with van der Waals surface area (Å²) in [5, 5.41) is 0. The van der Waals surface area contributed by atoms with E-state index in [-0.39, 0.29) is 11.9 Å². The Hall–Kier alpha value is -3.54. The maximum Gasteiger partial charge on any atom is 0.267 e. The number of hydrogen-bond acceptors (Lipinski definition) is 5. The molecule has 0 spiro atoms. The average molecular weight is 371 g/mol. The highest BCUT2D eigenvalue weighted by Gasteiger charge is 2.50. The predicted molar refractivity (Wildman–Crippen MR) is 108 cm³/mol. The Labute approximate surface area is 163 Å². The first-order chi connectivity index (χ1) is 13.6. The van der Waals surface area contributed by atoms with Crippen molar-refractivity contribution in [1.82, 2.24) is 14.9 Å². The average Bonchev–Trinajstić information content (AvgIpc) is 2.99. The maximum atomic E-state index is 13.3. The number of nitrogens with zero attached hydrogens (tertiary/aromatic N) is 4. The largest absolute Gasteiger partial charge is 0.369 e. The molecule has 6 heteroatoms. The summed E-state index contributed by atoms with van der Waals surface area (Å²) < 4.78 is 0. The summed E-state index contributed by atoms with van der Waals surface area (Å²) in [6.07, 6.45) is 6.18. The first-order valence-electron chi connectivity index (χ1n) is 9.16. The van der Waals surface area contributed by atoms with Crippen LogP contribution in [0.3, 0.4) is 0 Å². The standard InChI is InChI=1S/C22H21N5O/c1-3-15-9-10-19(25-13-15)22(20(28)27(2)21(23)26-22)18-8-4-6-16(12-18)17-7-5-11-24-14-17/h4-14H,3H2,1-2H3,(H2,23,26). The lowest BCUT2D eigenvalue weighted by molar-refractivity contribution is -0.129. The number of aliphatic imine (C=N–C) groups is 1. The second-order valence-corrected chi connectivity index (χ2v) is 6.77. The zero-order chi connectivity index (χ0) is 19.7. The molecule has 0 fully saturated rings. The Morgan fingerprint density at radius 1 is 1.07 bits per heavy atom. The van der Waals surface area contributed by atoms with E-state index in [1.807, 2.05) is 48.5 Å². The van der Waals surface area contributed by atoms with Gasteiger partial charge in [0.1, 0.15) is 0 Å². The fourth-order valence-corrected chi connectivity index (χ4v) is 3.45. The molecule has 1 aliphatic heterocycles. The fraction of sp³-hybridized carbons (Fsp3) is 0.182. The van der Waals surface area contributed by atoms with Crippen molar-refractivity contribution in [2.24, 2.45) is 10.7 Å². The minimum atomic E-state index is -1.29. The number of guanidine groups is 1. The molecule has 3 aromatic rings. The third-order valence-corrected chi connectivity index (χ3v) is 5.12. The van der Waals surface area contributed by atoms with E-state index < -0.39 is 5.54 Å². The van der Waals surface area contributed by atoms with Gasteiger partial charge < -0.3 is 5.73 Å². The third kappa shape index (κ3) is 2.74. The molecule has 0 saturated carbocycles. The summed E-state index contributed by atoms with van der Waals surface area (Å²) >= 11 is 0. The number of pyridine rings is 2. The van der Waals surface area contributed by atoms with Crippen molar-refractivity contribution >= 4 is 11.9 Å². The molecule has 28 heavy (non-hydrogen) atoms. The molecule has 0 aliphatic carbocycles. The number of amides is 1. The van der Waals surface area contributed by atoms with Gasteiger partial charge in [-0.15, -0.1) is 0 Å². The molecule has 0 radical (unpaired) electrons. The van der Waals surface area contributed by atoms with E-state index in [0.717, 1.165) is 28.7 Å². The minimum absolute atomic E-state index is 0.179. The molecule has 0 bridgehead atoms. The van der Waals surface area contributed by atoms with E-state index in [9.17, 15) is 4.79 Å². The summed E-state index contributed by atoms with van der Waals surface area (Å²) in [7, 11) is 1.63. The zero-order valence-electron chi connectivity index (χ0n) is 15.8. The van der Waals surface area contributed by atoms with Crippen LogP contribution in [0.25, 0.3) is 11.1 Å². The van der Waals surface area contributed by atoms with Crippen molar-refractivity contribution in [1.29, 1.82) is 0 Å². The second-order valence-electron chi connectivity index (χ2n) is 6.77. The van der Waals surface area contributed by atoms with E-state index in [0.29, 0.717) is 5.69 Å². The smallest absolute Gasteiger partial charge is 0.267 e. The van der Waals surface area contributed by atoms with Crippen molar-refractivity contribution in [3.8, 4) is 11.1 Å². The molecule has 2 aromatic heterocycles. The molecule has 3 heterocycles. The van der Waals surface area contributed by atoms with Crippen molar-refractivity contribution < 1.29 is 4.79 Å². The van der Waals surface area contributed by atoms with Crippen molar-refractivity contribution in [3.63, 3.8) is 0 Å². The van der Waals surface area contributed by atoms with Crippen LogP contribution < -0.4 is 5.73 Å². The van der Waals surface area contributed by atoms with Crippen LogP contribution in [0, 0.1) is 0 Å². The van der Waals surface area contributed by atoms with Gasteiger partial charge in [0, 0.05) is 25.6 Å². The van der Waals surface area contributed by atoms with Crippen LogP contribution in [-0.4, -0.2) is 33.8 Å². The lowest BCUT2D eigenvalue weighted by Crippen LogP contribution is -2.41. The normalized spacial score (nSPS) is 19.0. The summed E-state index contributed by atoms with van der Waals surface area (Å²) in [6.45, 7) is 2.06. The Morgan fingerprint density at radius 3 is 2.50 bits per heavy atom. The predicted octanol–water partition coefficient (Wildman–Crippen LogP) is 2.74. The van der Waals surface area contributed by atoms with Gasteiger partial charge >= 0.3 is 0 Å². The number of likely N-dealkylation sites (N-methyl/N-ethyl adjacent to an activating group) is 1. The van der Waals surface area contributed by atoms with Gasteiger partial charge in [-0.3, -0.25) is 19.7 Å². The van der Waals surface area contributed by atoms with Crippen LogP contribution in [0.1, 0.15) is 23.7 Å². The van der Waals surface area contributed by atoms with Crippen molar-refractivity contribution in [2.45, 2.75) is 18.9 Å². The third-order valence-electron chi connectivity index (χ3n) is 5.12. The van der Waals surface area contributed by atoms with E-state index in [1.165, 1.54) is 4.90 Å². The summed E-state index contributed by atoms with van der Waals surface area (Å²) in [5.41, 5.74) is 9.05. The minimum Gasteiger partial charge on any atom is -0.369 e. The molecule has 4 rings (SSSR count). The highest BCUT2D eigenvalue weighted by molar-refractivity contribution is 6.08. The molecule has 1 amide bonds. The van der Waals surface area contributed by atoms with Gasteiger partial charge in [-0.1, -0.05) is 37.3 Å². The van der Waals surface area contributed by atoms with Gasteiger partial charge in [-0.2, -0.15) is 0 Å². The molecule has 0 saturated heterocycles. The number of benzene rings is 1. The quantitative estimate of drug-likeness (QED) is 0.764. The van der Waals surface area contributed by atoms with Gasteiger partial charge in [0.25, 0.3) is 5.91 Å². The van der Waals surface area contributed by atoms with Crippen molar-refractivity contribution in [3.05, 3.63) is 83.9 Å². The van der Waals surface area contributed by atoms with E-state index in [1.54, 1.807) is 25.6 Å². The van der Waals surface area contributed by atoms with Crippen molar-refractivity contribution in [2.75, 3.05) is 7.05 Å². The number of aromatic nitrogens is 2. The highest BCUT2D eigenvalue weighted by atomic mass is 16.2. The molecule has 1 unspecified atom stereocenters. The molecule has 140 valence electrons. The van der Waals surface area contributed by atoms with Gasteiger partial charge in [0.15, 0.2) is 5.96 Å². The topological polar surface area (TPSA) is 84.5 Å². The monoisotopic (exact) mass is 371 g/mol. The van der Waals surface area contributed by atoms with E-state index in [2.05, 4.69) is 21.9 Å². The second kappa shape index (κ2) is 6.88. The Kier molecular flexibility index (Phi) is 4.39. The Bertz CT molecular complexity index is 1050. The fourth-order valence-electron chi connectivity index (χ4n) is 3.45. The van der Waals surface area contributed by atoms with E-state index in [4.69, 9.17) is 5.73 Å². The van der Waals surface area contributed by atoms with Crippen LogP contribution in [0.2, 0.25) is 0 Å². The molecule has 2 N–H and O–H groups in total. The molecular weight excluding hydrogens is 350 g/mol. The summed E-state index contributed by atoms with van der Waals surface area (Å²) in [4.78, 5) is 28.1. The number of carbonyl (C=O) groups is 1. The Balaban J connectivity index is 1.91. The molecule has 6 nitrogen and oxygen atoms in total. The number of rotatable bonds is 4. The number of aryl methyl sites for hydroxylation is 1.